The second-order valence-electron chi connectivity index (χ2n) is 6.08. The van der Waals surface area contributed by atoms with Crippen molar-refractivity contribution in [3.8, 4) is 0 Å². The van der Waals surface area contributed by atoms with E-state index in [9.17, 15) is 9.59 Å². The number of hydrogen-bond donors (Lipinski definition) is 0. The van der Waals surface area contributed by atoms with E-state index in [1.54, 1.807) is 4.90 Å². The summed E-state index contributed by atoms with van der Waals surface area (Å²) >= 11 is 0. The number of nitrogens with zero attached hydrogens (tertiary/aromatic N) is 2. The molecule has 4 nitrogen and oxygen atoms in total. The molecular weight excluding hydrogens is 264 g/mol. The third-order valence-corrected chi connectivity index (χ3v) is 4.54. The Morgan fingerprint density at radius 3 is 2.33 bits per heavy atom. The first-order chi connectivity index (χ1) is 10.2. The molecule has 3 amide bonds. The van der Waals surface area contributed by atoms with E-state index < -0.39 is 0 Å². The van der Waals surface area contributed by atoms with E-state index in [-0.39, 0.29) is 18.0 Å². The van der Waals surface area contributed by atoms with Crippen molar-refractivity contribution in [2.24, 2.45) is 0 Å². The summed E-state index contributed by atoms with van der Waals surface area (Å²) < 4.78 is 0. The van der Waals surface area contributed by atoms with Crippen LogP contribution < -0.4 is 4.90 Å². The molecule has 112 valence electrons. The fraction of sp³-hybridized carbons (Fsp3) is 0.529. The van der Waals surface area contributed by atoms with Crippen LogP contribution in [0.5, 0.6) is 0 Å². The number of aryl methyl sites for hydroxylation is 1. The molecule has 1 heterocycles. The zero-order valence-electron chi connectivity index (χ0n) is 12.5. The SMILES string of the molecule is Cc1ccc(N2CCC(=O)N(C3CCCCC3)C2=O)cc1. The van der Waals surface area contributed by atoms with Gasteiger partial charge in [0.25, 0.3) is 0 Å². The number of anilines is 1. The fourth-order valence-corrected chi connectivity index (χ4v) is 3.32. The summed E-state index contributed by atoms with van der Waals surface area (Å²) in [6.45, 7) is 2.52. The fourth-order valence-electron chi connectivity index (χ4n) is 3.32. The molecule has 0 bridgehead atoms. The summed E-state index contributed by atoms with van der Waals surface area (Å²) in [7, 11) is 0. The molecule has 0 unspecified atom stereocenters. The molecular formula is C17H22N2O2. The van der Waals surface area contributed by atoms with E-state index in [2.05, 4.69) is 0 Å². The molecule has 1 aromatic rings. The lowest BCUT2D eigenvalue weighted by Crippen LogP contribution is -2.56. The number of amides is 3. The Labute approximate surface area is 125 Å². The first kappa shape index (κ1) is 14.1. The van der Waals surface area contributed by atoms with E-state index in [0.29, 0.717) is 13.0 Å². The van der Waals surface area contributed by atoms with Crippen LogP contribution in [0.25, 0.3) is 0 Å². The number of rotatable bonds is 2. The van der Waals surface area contributed by atoms with Crippen LogP contribution >= 0.6 is 0 Å². The molecule has 1 aliphatic carbocycles. The molecule has 21 heavy (non-hydrogen) atoms. The van der Waals surface area contributed by atoms with Crippen LogP contribution in [0.1, 0.15) is 44.1 Å². The lowest BCUT2D eigenvalue weighted by molar-refractivity contribution is -0.131. The molecule has 0 radical (unpaired) electrons. The zero-order valence-corrected chi connectivity index (χ0v) is 12.5. The van der Waals surface area contributed by atoms with Crippen molar-refractivity contribution in [1.82, 2.24) is 4.90 Å². The Bertz CT molecular complexity index is 532. The largest absolute Gasteiger partial charge is 0.331 e. The Morgan fingerprint density at radius 2 is 1.67 bits per heavy atom. The lowest BCUT2D eigenvalue weighted by Gasteiger charge is -2.40. The molecule has 3 rings (SSSR count). The van der Waals surface area contributed by atoms with Crippen molar-refractivity contribution in [3.05, 3.63) is 29.8 Å². The van der Waals surface area contributed by atoms with Gasteiger partial charge in [0.05, 0.1) is 0 Å². The van der Waals surface area contributed by atoms with E-state index >= 15 is 0 Å². The summed E-state index contributed by atoms with van der Waals surface area (Å²) in [6, 6.07) is 7.90. The van der Waals surface area contributed by atoms with Crippen LogP contribution in [-0.2, 0) is 4.79 Å². The quantitative estimate of drug-likeness (QED) is 0.835. The molecule has 0 N–H and O–H groups in total. The topological polar surface area (TPSA) is 40.6 Å². The zero-order chi connectivity index (χ0) is 14.8. The van der Waals surface area contributed by atoms with Crippen LogP contribution in [0.3, 0.4) is 0 Å². The number of urea groups is 1. The highest BCUT2D eigenvalue weighted by molar-refractivity contribution is 6.05. The van der Waals surface area contributed by atoms with Crippen molar-refractivity contribution in [2.75, 3.05) is 11.4 Å². The van der Waals surface area contributed by atoms with E-state index in [0.717, 1.165) is 31.4 Å². The smallest absolute Gasteiger partial charge is 0.293 e. The summed E-state index contributed by atoms with van der Waals surface area (Å²) in [4.78, 5) is 28.2. The highest BCUT2D eigenvalue weighted by atomic mass is 16.2. The molecule has 0 spiro atoms. The molecule has 2 aliphatic rings. The number of benzene rings is 1. The summed E-state index contributed by atoms with van der Waals surface area (Å²) in [6.07, 6.45) is 5.79. The summed E-state index contributed by atoms with van der Waals surface area (Å²) in [5.74, 6) is -0.00439. The Hall–Kier alpha value is -1.84. The van der Waals surface area contributed by atoms with Gasteiger partial charge in [-0.25, -0.2) is 4.79 Å². The molecule has 0 aromatic heterocycles. The van der Waals surface area contributed by atoms with Crippen molar-refractivity contribution in [3.63, 3.8) is 0 Å². The first-order valence-corrected chi connectivity index (χ1v) is 7.87. The number of imide groups is 1. The third-order valence-electron chi connectivity index (χ3n) is 4.54. The molecule has 0 atom stereocenters. The maximum atomic E-state index is 12.8. The number of hydrogen-bond acceptors (Lipinski definition) is 2. The highest BCUT2D eigenvalue weighted by Gasteiger charge is 2.37. The number of carbonyl (C=O) groups excluding carboxylic acids is 2. The van der Waals surface area contributed by atoms with Gasteiger partial charge in [0.1, 0.15) is 0 Å². The second-order valence-corrected chi connectivity index (χ2v) is 6.08. The Balaban J connectivity index is 1.82. The minimum Gasteiger partial charge on any atom is -0.293 e. The van der Waals surface area contributed by atoms with Gasteiger partial charge in [-0.2, -0.15) is 0 Å². The molecule has 1 aliphatic heterocycles. The summed E-state index contributed by atoms with van der Waals surface area (Å²) in [5.41, 5.74) is 2.06. The van der Waals surface area contributed by atoms with Crippen molar-refractivity contribution in [1.29, 1.82) is 0 Å². The Morgan fingerprint density at radius 1 is 1.00 bits per heavy atom. The van der Waals surface area contributed by atoms with Crippen molar-refractivity contribution < 1.29 is 9.59 Å². The minimum absolute atomic E-state index is 0.00439. The minimum atomic E-state index is -0.137. The second kappa shape index (κ2) is 5.88. The van der Waals surface area contributed by atoms with Crippen molar-refractivity contribution in [2.45, 2.75) is 51.5 Å². The van der Waals surface area contributed by atoms with Gasteiger partial charge in [-0.05, 0) is 31.9 Å². The van der Waals surface area contributed by atoms with E-state index in [4.69, 9.17) is 0 Å². The Kier molecular flexibility index (Phi) is 3.95. The molecule has 1 saturated heterocycles. The van der Waals surface area contributed by atoms with Gasteiger partial charge in [0, 0.05) is 24.7 Å². The van der Waals surface area contributed by atoms with Crippen molar-refractivity contribution >= 4 is 17.6 Å². The van der Waals surface area contributed by atoms with Gasteiger partial charge in [0.15, 0.2) is 0 Å². The third kappa shape index (κ3) is 2.80. The maximum absolute atomic E-state index is 12.8. The van der Waals surface area contributed by atoms with Crippen LogP contribution in [0.2, 0.25) is 0 Å². The molecule has 1 aromatic carbocycles. The van der Waals surface area contributed by atoms with Crippen LogP contribution in [-0.4, -0.2) is 29.4 Å². The lowest BCUT2D eigenvalue weighted by atomic mass is 9.93. The van der Waals surface area contributed by atoms with Gasteiger partial charge in [-0.1, -0.05) is 37.0 Å². The van der Waals surface area contributed by atoms with Gasteiger partial charge >= 0.3 is 6.03 Å². The standard InChI is InChI=1S/C17H22N2O2/c1-13-7-9-14(10-8-13)18-12-11-16(20)19(17(18)21)15-5-3-2-4-6-15/h7-10,15H,2-6,11-12H2,1H3. The maximum Gasteiger partial charge on any atom is 0.331 e. The van der Waals surface area contributed by atoms with Gasteiger partial charge in [0.2, 0.25) is 5.91 Å². The van der Waals surface area contributed by atoms with E-state index in [1.807, 2.05) is 31.2 Å². The average molecular weight is 286 g/mol. The van der Waals surface area contributed by atoms with Gasteiger partial charge in [-0.15, -0.1) is 0 Å². The van der Waals surface area contributed by atoms with Crippen LogP contribution in [0, 0.1) is 6.92 Å². The van der Waals surface area contributed by atoms with Gasteiger partial charge in [-0.3, -0.25) is 14.6 Å². The van der Waals surface area contributed by atoms with Crippen LogP contribution in [0.4, 0.5) is 10.5 Å². The normalized spacial score (nSPS) is 21.0. The predicted molar refractivity (Wildman–Crippen MR) is 82.3 cm³/mol. The predicted octanol–water partition coefficient (Wildman–Crippen LogP) is 3.49. The first-order valence-electron chi connectivity index (χ1n) is 7.87. The van der Waals surface area contributed by atoms with Crippen LogP contribution in [0.15, 0.2) is 24.3 Å². The van der Waals surface area contributed by atoms with Gasteiger partial charge < -0.3 is 0 Å². The number of carbonyl (C=O) groups is 2. The molecule has 4 heteroatoms. The summed E-state index contributed by atoms with van der Waals surface area (Å²) in [5, 5.41) is 0. The highest BCUT2D eigenvalue weighted by Crippen LogP contribution is 2.28. The van der Waals surface area contributed by atoms with E-state index in [1.165, 1.54) is 16.9 Å². The average Bonchev–Trinajstić information content (AvgIpc) is 2.50. The molecule has 2 fully saturated rings. The monoisotopic (exact) mass is 286 g/mol. The molecule has 1 saturated carbocycles.